The molecular weight excluding hydrogens is 316 g/mol. The van der Waals surface area contributed by atoms with Crippen molar-refractivity contribution in [2.24, 2.45) is 5.92 Å². The SMILES string of the molecule is Fc1cc(F)c(OCCNCC2CCCC2)c(Br)c1. The lowest BCUT2D eigenvalue weighted by Gasteiger charge is -2.12. The summed E-state index contributed by atoms with van der Waals surface area (Å²) in [4.78, 5) is 0. The lowest BCUT2D eigenvalue weighted by Crippen LogP contribution is -2.26. The fourth-order valence-corrected chi connectivity index (χ4v) is 2.94. The normalized spacial score (nSPS) is 15.9. The lowest BCUT2D eigenvalue weighted by molar-refractivity contribution is 0.292. The van der Waals surface area contributed by atoms with Crippen molar-refractivity contribution in [3.05, 3.63) is 28.2 Å². The Morgan fingerprint density at radius 3 is 2.68 bits per heavy atom. The van der Waals surface area contributed by atoms with E-state index < -0.39 is 11.6 Å². The van der Waals surface area contributed by atoms with Gasteiger partial charge in [0.15, 0.2) is 11.6 Å². The largest absolute Gasteiger partial charge is 0.488 e. The molecular formula is C14H18BrF2NO. The standard InChI is InChI=1S/C14H18BrF2NO/c15-12-7-11(16)8-13(17)14(12)19-6-5-18-9-10-3-1-2-4-10/h7-8,10,18H,1-6,9H2. The summed E-state index contributed by atoms with van der Waals surface area (Å²) >= 11 is 3.10. The predicted octanol–water partition coefficient (Wildman–Crippen LogP) is 3.89. The van der Waals surface area contributed by atoms with Gasteiger partial charge >= 0.3 is 0 Å². The molecule has 106 valence electrons. The molecule has 0 atom stereocenters. The van der Waals surface area contributed by atoms with Crippen LogP contribution < -0.4 is 10.1 Å². The van der Waals surface area contributed by atoms with Crippen LogP contribution in [-0.2, 0) is 0 Å². The minimum atomic E-state index is -0.678. The maximum Gasteiger partial charge on any atom is 0.169 e. The third kappa shape index (κ3) is 4.42. The number of rotatable bonds is 6. The number of benzene rings is 1. The van der Waals surface area contributed by atoms with E-state index in [1.54, 1.807) is 0 Å². The van der Waals surface area contributed by atoms with Crippen molar-refractivity contribution in [1.82, 2.24) is 5.32 Å². The first-order valence-electron chi connectivity index (χ1n) is 6.65. The molecule has 1 N–H and O–H groups in total. The van der Waals surface area contributed by atoms with Gasteiger partial charge < -0.3 is 10.1 Å². The summed E-state index contributed by atoms with van der Waals surface area (Å²) in [5.74, 6) is -0.447. The zero-order valence-electron chi connectivity index (χ0n) is 10.7. The van der Waals surface area contributed by atoms with Gasteiger partial charge in [-0.15, -0.1) is 0 Å². The summed E-state index contributed by atoms with van der Waals surface area (Å²) in [6.07, 6.45) is 5.26. The molecule has 1 aliphatic rings. The molecule has 2 nitrogen and oxygen atoms in total. The molecule has 5 heteroatoms. The van der Waals surface area contributed by atoms with Crippen molar-refractivity contribution < 1.29 is 13.5 Å². The third-order valence-corrected chi connectivity index (χ3v) is 3.99. The molecule has 1 saturated carbocycles. The van der Waals surface area contributed by atoms with Crippen LogP contribution in [-0.4, -0.2) is 19.7 Å². The minimum absolute atomic E-state index is 0.0732. The van der Waals surface area contributed by atoms with Gasteiger partial charge in [-0.1, -0.05) is 12.8 Å². The Balaban J connectivity index is 1.70. The van der Waals surface area contributed by atoms with E-state index in [1.165, 1.54) is 31.7 Å². The van der Waals surface area contributed by atoms with Gasteiger partial charge in [-0.3, -0.25) is 0 Å². The number of nitrogens with one attached hydrogen (secondary N) is 1. The minimum Gasteiger partial charge on any atom is -0.488 e. The van der Waals surface area contributed by atoms with Crippen LogP contribution in [0.15, 0.2) is 16.6 Å². The second-order valence-electron chi connectivity index (χ2n) is 4.90. The highest BCUT2D eigenvalue weighted by molar-refractivity contribution is 9.10. The van der Waals surface area contributed by atoms with E-state index in [2.05, 4.69) is 21.2 Å². The lowest BCUT2D eigenvalue weighted by atomic mass is 10.1. The molecule has 0 bridgehead atoms. The summed E-state index contributed by atoms with van der Waals surface area (Å²) < 4.78 is 32.0. The molecule has 2 rings (SSSR count). The molecule has 1 aromatic carbocycles. The van der Waals surface area contributed by atoms with Crippen molar-refractivity contribution in [2.45, 2.75) is 25.7 Å². The molecule has 1 aromatic rings. The average molecular weight is 334 g/mol. The van der Waals surface area contributed by atoms with Gasteiger partial charge in [-0.2, -0.15) is 0 Å². The first-order chi connectivity index (χ1) is 9.16. The Morgan fingerprint density at radius 2 is 2.00 bits per heavy atom. The molecule has 0 unspecified atom stereocenters. The van der Waals surface area contributed by atoms with Gasteiger partial charge in [0.1, 0.15) is 12.4 Å². The molecule has 1 aliphatic carbocycles. The van der Waals surface area contributed by atoms with Crippen LogP contribution in [0, 0.1) is 17.6 Å². The molecule has 19 heavy (non-hydrogen) atoms. The maximum absolute atomic E-state index is 13.5. The molecule has 0 radical (unpaired) electrons. The summed E-state index contributed by atoms with van der Waals surface area (Å²) in [6, 6.07) is 2.02. The number of halogens is 3. The summed E-state index contributed by atoms with van der Waals surface area (Å²) in [6.45, 7) is 2.03. The van der Waals surface area contributed by atoms with Crippen LogP contribution >= 0.6 is 15.9 Å². The van der Waals surface area contributed by atoms with Gasteiger partial charge in [-0.05, 0) is 47.3 Å². The predicted molar refractivity (Wildman–Crippen MR) is 74.4 cm³/mol. The quantitative estimate of drug-likeness (QED) is 0.797. The second-order valence-corrected chi connectivity index (χ2v) is 5.76. The highest BCUT2D eigenvalue weighted by Crippen LogP contribution is 2.29. The zero-order chi connectivity index (χ0) is 13.7. The third-order valence-electron chi connectivity index (χ3n) is 3.40. The molecule has 1 fully saturated rings. The Labute approximate surface area is 120 Å². The topological polar surface area (TPSA) is 21.3 Å². The summed E-state index contributed by atoms with van der Waals surface area (Å²) in [7, 11) is 0. The summed E-state index contributed by atoms with van der Waals surface area (Å²) in [5, 5.41) is 3.31. The Hall–Kier alpha value is -0.680. The van der Waals surface area contributed by atoms with E-state index in [0.29, 0.717) is 17.6 Å². The van der Waals surface area contributed by atoms with Crippen molar-refractivity contribution >= 4 is 15.9 Å². The Morgan fingerprint density at radius 1 is 1.26 bits per heavy atom. The number of hydrogen-bond acceptors (Lipinski definition) is 2. The van der Waals surface area contributed by atoms with Gasteiger partial charge in [0.25, 0.3) is 0 Å². The first kappa shape index (κ1) is 14.7. The van der Waals surface area contributed by atoms with Crippen LogP contribution in [0.1, 0.15) is 25.7 Å². The highest BCUT2D eigenvalue weighted by atomic mass is 79.9. The summed E-state index contributed by atoms with van der Waals surface area (Å²) in [5.41, 5.74) is 0. The molecule has 0 aromatic heterocycles. The maximum atomic E-state index is 13.5. The zero-order valence-corrected chi connectivity index (χ0v) is 12.3. The number of ether oxygens (including phenoxy) is 1. The van der Waals surface area contributed by atoms with Crippen molar-refractivity contribution in [3.8, 4) is 5.75 Å². The number of hydrogen-bond donors (Lipinski definition) is 1. The van der Waals surface area contributed by atoms with Crippen LogP contribution in [0.3, 0.4) is 0 Å². The molecule has 0 heterocycles. The molecule has 0 amide bonds. The van der Waals surface area contributed by atoms with Gasteiger partial charge in [0.05, 0.1) is 4.47 Å². The highest BCUT2D eigenvalue weighted by Gasteiger charge is 2.14. The van der Waals surface area contributed by atoms with E-state index in [0.717, 1.165) is 18.5 Å². The van der Waals surface area contributed by atoms with Crippen molar-refractivity contribution in [3.63, 3.8) is 0 Å². The van der Waals surface area contributed by atoms with Gasteiger partial charge in [0.2, 0.25) is 0 Å². The van der Waals surface area contributed by atoms with Gasteiger partial charge in [-0.25, -0.2) is 8.78 Å². The average Bonchev–Trinajstić information content (AvgIpc) is 2.84. The fraction of sp³-hybridized carbons (Fsp3) is 0.571. The smallest absolute Gasteiger partial charge is 0.169 e. The molecule has 0 aliphatic heterocycles. The van der Waals surface area contributed by atoms with Crippen LogP contribution in [0.2, 0.25) is 0 Å². The molecule has 0 spiro atoms. The van der Waals surface area contributed by atoms with Crippen LogP contribution in [0.25, 0.3) is 0 Å². The van der Waals surface area contributed by atoms with Crippen molar-refractivity contribution in [2.75, 3.05) is 19.7 Å². The van der Waals surface area contributed by atoms with E-state index in [1.807, 2.05) is 0 Å². The van der Waals surface area contributed by atoms with E-state index in [4.69, 9.17) is 4.74 Å². The van der Waals surface area contributed by atoms with Gasteiger partial charge in [0, 0.05) is 12.6 Å². The van der Waals surface area contributed by atoms with E-state index >= 15 is 0 Å². The van der Waals surface area contributed by atoms with Crippen LogP contribution in [0.5, 0.6) is 5.75 Å². The monoisotopic (exact) mass is 333 g/mol. The van der Waals surface area contributed by atoms with E-state index in [9.17, 15) is 8.78 Å². The Kier molecular flexibility index (Phi) is 5.58. The van der Waals surface area contributed by atoms with E-state index in [-0.39, 0.29) is 5.75 Å². The fourth-order valence-electron chi connectivity index (χ4n) is 2.41. The second kappa shape index (κ2) is 7.20. The van der Waals surface area contributed by atoms with Crippen molar-refractivity contribution in [1.29, 1.82) is 0 Å². The first-order valence-corrected chi connectivity index (χ1v) is 7.44. The Bertz CT molecular complexity index is 399. The van der Waals surface area contributed by atoms with Crippen LogP contribution in [0.4, 0.5) is 8.78 Å². The molecule has 0 saturated heterocycles.